The Kier molecular flexibility index (Phi) is 8.98. The topological polar surface area (TPSA) is 99.9 Å². The predicted molar refractivity (Wildman–Crippen MR) is 142 cm³/mol. The van der Waals surface area contributed by atoms with Crippen molar-refractivity contribution in [3.8, 4) is 28.6 Å². The summed E-state index contributed by atoms with van der Waals surface area (Å²) >= 11 is 1.31. The van der Waals surface area contributed by atoms with Crippen LogP contribution in [-0.4, -0.2) is 54.0 Å². The Morgan fingerprint density at radius 3 is 2.31 bits per heavy atom. The molecule has 1 amide bonds. The number of aromatic nitrogens is 3. The highest BCUT2D eigenvalue weighted by Gasteiger charge is 2.18. The van der Waals surface area contributed by atoms with Gasteiger partial charge < -0.3 is 18.8 Å². The molecule has 0 unspecified atom stereocenters. The van der Waals surface area contributed by atoms with Crippen molar-refractivity contribution in [3.63, 3.8) is 0 Å². The minimum absolute atomic E-state index is 0.0817. The van der Waals surface area contributed by atoms with Crippen molar-refractivity contribution in [2.45, 2.75) is 44.8 Å². The van der Waals surface area contributed by atoms with Crippen molar-refractivity contribution < 1.29 is 19.0 Å². The number of carbonyl (C=O) groups is 1. The molecule has 0 bridgehead atoms. The largest absolute Gasteiger partial charge is 0.493 e. The molecule has 36 heavy (non-hydrogen) atoms. The molecule has 0 radical (unpaired) electrons. The molecule has 192 valence electrons. The van der Waals surface area contributed by atoms with E-state index in [4.69, 9.17) is 14.2 Å². The smallest absolute Gasteiger partial charge is 0.250 e. The van der Waals surface area contributed by atoms with Gasteiger partial charge in [-0.2, -0.15) is 5.10 Å². The van der Waals surface area contributed by atoms with Crippen LogP contribution in [-0.2, 0) is 16.8 Å². The molecule has 0 fully saturated rings. The zero-order chi connectivity index (χ0) is 26.3. The Labute approximate surface area is 216 Å². The fourth-order valence-electron chi connectivity index (χ4n) is 3.58. The van der Waals surface area contributed by atoms with E-state index in [9.17, 15) is 4.79 Å². The summed E-state index contributed by atoms with van der Waals surface area (Å²) < 4.78 is 18.1. The molecule has 0 saturated carbocycles. The number of methoxy groups -OCH3 is 3. The molecule has 10 heteroatoms. The summed E-state index contributed by atoms with van der Waals surface area (Å²) in [6, 6.07) is 11.9. The van der Waals surface area contributed by atoms with Crippen molar-refractivity contribution in [1.29, 1.82) is 0 Å². The van der Waals surface area contributed by atoms with E-state index in [-0.39, 0.29) is 17.1 Å². The van der Waals surface area contributed by atoms with Crippen LogP contribution < -0.4 is 19.6 Å². The maximum atomic E-state index is 12.4. The summed E-state index contributed by atoms with van der Waals surface area (Å²) in [4.78, 5) is 12.4. The molecule has 2 aromatic carbocycles. The first-order valence-corrected chi connectivity index (χ1v) is 12.5. The average molecular weight is 512 g/mol. The van der Waals surface area contributed by atoms with Crippen LogP contribution >= 0.6 is 11.8 Å². The second-order valence-corrected chi connectivity index (χ2v) is 9.83. The van der Waals surface area contributed by atoms with E-state index in [1.54, 1.807) is 19.2 Å². The third kappa shape index (κ3) is 6.17. The van der Waals surface area contributed by atoms with Gasteiger partial charge in [0.05, 0.1) is 33.3 Å². The molecule has 9 nitrogen and oxygen atoms in total. The third-order valence-electron chi connectivity index (χ3n) is 5.50. The van der Waals surface area contributed by atoms with Crippen LogP contribution in [0.2, 0.25) is 0 Å². The SMILES string of the molecule is CCn1c(SCC(=O)N/N=C\c2ccc(OC)c(OC)c2OC)nnc1-c1ccc(C(C)(C)C)cc1. The number of nitrogens with one attached hydrogen (secondary N) is 1. The maximum Gasteiger partial charge on any atom is 0.250 e. The summed E-state index contributed by atoms with van der Waals surface area (Å²) in [7, 11) is 4.61. The molecule has 0 aliphatic rings. The lowest BCUT2D eigenvalue weighted by atomic mass is 9.87. The van der Waals surface area contributed by atoms with Crippen LogP contribution in [0.5, 0.6) is 17.2 Å². The summed E-state index contributed by atoms with van der Waals surface area (Å²) in [6.07, 6.45) is 1.50. The van der Waals surface area contributed by atoms with Gasteiger partial charge in [0.2, 0.25) is 5.75 Å². The van der Waals surface area contributed by atoms with Crippen LogP contribution in [0.15, 0.2) is 46.7 Å². The zero-order valence-electron chi connectivity index (χ0n) is 21.8. The van der Waals surface area contributed by atoms with Crippen molar-refractivity contribution in [2.75, 3.05) is 27.1 Å². The number of hydrogen-bond acceptors (Lipinski definition) is 8. The lowest BCUT2D eigenvalue weighted by molar-refractivity contribution is -0.118. The Hall–Kier alpha value is -3.53. The van der Waals surface area contributed by atoms with E-state index >= 15 is 0 Å². The number of thioether (sulfide) groups is 1. The highest BCUT2D eigenvalue weighted by Crippen LogP contribution is 2.39. The van der Waals surface area contributed by atoms with Crippen LogP contribution in [0.3, 0.4) is 0 Å². The van der Waals surface area contributed by atoms with Crippen LogP contribution in [0, 0.1) is 0 Å². The van der Waals surface area contributed by atoms with Crippen molar-refractivity contribution in [3.05, 3.63) is 47.5 Å². The Morgan fingerprint density at radius 2 is 1.72 bits per heavy atom. The number of ether oxygens (including phenoxy) is 3. The average Bonchev–Trinajstić information content (AvgIpc) is 3.29. The Bertz CT molecular complexity index is 1220. The molecule has 3 aromatic rings. The van der Waals surface area contributed by atoms with Crippen LogP contribution in [0.4, 0.5) is 0 Å². The normalized spacial score (nSPS) is 11.5. The molecule has 0 saturated heterocycles. The minimum atomic E-state index is -0.266. The standard InChI is InChI=1S/C26H33N5O4S/c1-8-31-24(17-9-12-19(13-10-17)26(2,3)4)29-30-25(31)36-16-21(32)28-27-15-18-11-14-20(33-5)23(35-7)22(18)34-6/h9-15H,8,16H2,1-7H3,(H,28,32)/b27-15-. The second kappa shape index (κ2) is 11.9. The number of hydrogen-bond donors (Lipinski definition) is 1. The third-order valence-corrected chi connectivity index (χ3v) is 6.47. The number of amides is 1. The van der Waals surface area contributed by atoms with Gasteiger partial charge in [-0.05, 0) is 30.0 Å². The molecule has 1 N–H and O–H groups in total. The minimum Gasteiger partial charge on any atom is -0.493 e. The van der Waals surface area contributed by atoms with Gasteiger partial charge in [-0.15, -0.1) is 10.2 Å². The number of hydrazone groups is 1. The summed E-state index contributed by atoms with van der Waals surface area (Å²) in [5.74, 6) is 2.10. The van der Waals surface area contributed by atoms with Gasteiger partial charge in [0.15, 0.2) is 22.5 Å². The first-order chi connectivity index (χ1) is 17.2. The quantitative estimate of drug-likeness (QED) is 0.242. The summed E-state index contributed by atoms with van der Waals surface area (Å²) in [5.41, 5.74) is 5.50. The molecule has 3 rings (SSSR count). The number of rotatable bonds is 10. The number of benzene rings is 2. The van der Waals surface area contributed by atoms with Gasteiger partial charge in [-0.1, -0.05) is 56.8 Å². The van der Waals surface area contributed by atoms with Crippen molar-refractivity contribution in [1.82, 2.24) is 20.2 Å². The lowest BCUT2D eigenvalue weighted by Gasteiger charge is -2.19. The molecule has 1 aromatic heterocycles. The molecular formula is C26H33N5O4S. The summed E-state index contributed by atoms with van der Waals surface area (Å²) in [6.45, 7) is 9.27. The molecule has 0 spiro atoms. The molecule has 0 aliphatic heterocycles. The van der Waals surface area contributed by atoms with Gasteiger partial charge >= 0.3 is 0 Å². The van der Waals surface area contributed by atoms with Gasteiger partial charge in [-0.3, -0.25) is 4.79 Å². The predicted octanol–water partition coefficient (Wildman–Crippen LogP) is 4.53. The van der Waals surface area contributed by atoms with Crippen LogP contribution in [0.1, 0.15) is 38.8 Å². The zero-order valence-corrected chi connectivity index (χ0v) is 22.6. The molecular weight excluding hydrogens is 478 g/mol. The van der Waals surface area contributed by atoms with Gasteiger partial charge in [0.25, 0.3) is 5.91 Å². The fraction of sp³-hybridized carbons (Fsp3) is 0.385. The van der Waals surface area contributed by atoms with Gasteiger partial charge in [0.1, 0.15) is 0 Å². The monoisotopic (exact) mass is 511 g/mol. The highest BCUT2D eigenvalue weighted by molar-refractivity contribution is 7.99. The first-order valence-electron chi connectivity index (χ1n) is 11.5. The van der Waals surface area contributed by atoms with E-state index in [0.717, 1.165) is 11.4 Å². The van der Waals surface area contributed by atoms with E-state index in [0.29, 0.717) is 34.5 Å². The molecule has 0 atom stereocenters. The summed E-state index contributed by atoms with van der Waals surface area (Å²) in [5, 5.41) is 13.4. The highest BCUT2D eigenvalue weighted by atomic mass is 32.2. The van der Waals surface area contributed by atoms with Crippen molar-refractivity contribution in [2.24, 2.45) is 5.10 Å². The van der Waals surface area contributed by atoms with Gasteiger partial charge in [0, 0.05) is 17.7 Å². The Balaban J connectivity index is 1.65. The second-order valence-electron chi connectivity index (χ2n) is 8.88. The maximum absolute atomic E-state index is 12.4. The Morgan fingerprint density at radius 1 is 1.03 bits per heavy atom. The number of carbonyl (C=O) groups excluding carboxylic acids is 1. The fourth-order valence-corrected chi connectivity index (χ4v) is 4.37. The molecule has 1 heterocycles. The van der Waals surface area contributed by atoms with E-state index in [1.165, 1.54) is 37.8 Å². The van der Waals surface area contributed by atoms with Crippen LogP contribution in [0.25, 0.3) is 11.4 Å². The number of nitrogens with zero attached hydrogens (tertiary/aromatic N) is 4. The van der Waals surface area contributed by atoms with E-state index < -0.39 is 0 Å². The van der Waals surface area contributed by atoms with Crippen molar-refractivity contribution >= 4 is 23.9 Å². The van der Waals surface area contributed by atoms with Gasteiger partial charge in [-0.25, -0.2) is 5.43 Å². The first kappa shape index (κ1) is 27.1. The van der Waals surface area contributed by atoms with E-state index in [1.807, 2.05) is 11.5 Å². The van der Waals surface area contributed by atoms with E-state index in [2.05, 4.69) is 65.8 Å². The molecule has 0 aliphatic carbocycles. The lowest BCUT2D eigenvalue weighted by Crippen LogP contribution is -2.20.